The fourth-order valence-corrected chi connectivity index (χ4v) is 5.94. The molecule has 1 aliphatic heterocycles. The molecule has 0 spiro atoms. The summed E-state index contributed by atoms with van der Waals surface area (Å²) >= 11 is 1.77. The number of nitrogens with zero attached hydrogens (tertiary/aromatic N) is 1. The lowest BCUT2D eigenvalue weighted by Crippen LogP contribution is -2.39. The molecule has 0 saturated carbocycles. The topological polar surface area (TPSA) is 88.8 Å². The Morgan fingerprint density at radius 2 is 1.36 bits per heavy atom. The lowest BCUT2D eigenvalue weighted by molar-refractivity contribution is -0.692. The van der Waals surface area contributed by atoms with Crippen LogP contribution in [0.25, 0.3) is 0 Å². The monoisotopic (exact) mass is 633 g/mol. The highest BCUT2D eigenvalue weighted by atomic mass is 32.2. The first kappa shape index (κ1) is 39.4. The molecule has 2 atom stereocenters. The minimum atomic E-state index is -3.92. The molecular formula is C33H63NO6S2. The van der Waals surface area contributed by atoms with Crippen LogP contribution in [-0.2, 0) is 30.9 Å². The molecule has 2 rings (SSSR count). The lowest BCUT2D eigenvalue weighted by Gasteiger charge is -2.31. The highest BCUT2D eigenvalue weighted by Gasteiger charge is 2.26. The number of aromatic nitrogens is 1. The van der Waals surface area contributed by atoms with Gasteiger partial charge < -0.3 is 18.8 Å². The summed E-state index contributed by atoms with van der Waals surface area (Å²) in [6.07, 6.45) is 31.2. The highest BCUT2D eigenvalue weighted by molar-refractivity contribution is 7.84. The van der Waals surface area contributed by atoms with Crippen LogP contribution < -0.4 is 4.57 Å². The molecular weight excluding hydrogens is 570 g/mol. The molecule has 42 heavy (non-hydrogen) atoms. The van der Waals surface area contributed by atoms with E-state index in [0.29, 0.717) is 12.9 Å². The second-order valence-corrected chi connectivity index (χ2v) is 14.0. The zero-order valence-corrected chi connectivity index (χ0v) is 28.6. The smallest absolute Gasteiger partial charge is 0.224 e. The molecule has 9 heteroatoms. The van der Waals surface area contributed by atoms with Crippen LogP contribution in [0.2, 0.25) is 0 Å². The van der Waals surface area contributed by atoms with Gasteiger partial charge >= 0.3 is 0 Å². The molecule has 0 unspecified atom stereocenters. The van der Waals surface area contributed by atoms with Crippen molar-refractivity contribution in [1.29, 1.82) is 0 Å². The standard InChI is InChI=1S/C32H60NO3S.CH4O3S/c1-2-3-4-5-6-7-8-9-10-11-12-13-17-20-26-35-31-22-21-27-36-32(31)29-34-25-19-16-14-15-18-23-33-24-28-37-30-33;1-5(2,3)4/h24,28,30-32H,2-23,25-27,29H2,1H3;1H3,(H,2,3,4)/q+1;/p-1/t31-,32-;/m0./s1. The van der Waals surface area contributed by atoms with Gasteiger partial charge in [0.2, 0.25) is 5.51 Å². The van der Waals surface area contributed by atoms with Gasteiger partial charge in [0.1, 0.15) is 12.6 Å². The normalized spacial score (nSPS) is 17.2. The van der Waals surface area contributed by atoms with E-state index in [1.54, 1.807) is 11.3 Å². The number of hydrogen-bond donors (Lipinski definition) is 0. The molecule has 2 heterocycles. The van der Waals surface area contributed by atoms with E-state index in [2.05, 4.69) is 28.6 Å². The number of aryl methyl sites for hydroxylation is 1. The van der Waals surface area contributed by atoms with Crippen molar-refractivity contribution >= 4 is 21.5 Å². The lowest BCUT2D eigenvalue weighted by atomic mass is 10.0. The molecule has 1 aliphatic rings. The summed E-state index contributed by atoms with van der Waals surface area (Å²) in [6, 6.07) is 0. The average Bonchev–Trinajstić information content (AvgIpc) is 3.47. The molecule has 0 aliphatic carbocycles. The maximum atomic E-state index is 9.08. The van der Waals surface area contributed by atoms with E-state index in [1.165, 1.54) is 116 Å². The minimum Gasteiger partial charge on any atom is -0.748 e. The number of thiazole rings is 1. The predicted octanol–water partition coefficient (Wildman–Crippen LogP) is 8.21. The first-order valence-electron chi connectivity index (χ1n) is 17.0. The molecule has 0 aromatic carbocycles. The summed E-state index contributed by atoms with van der Waals surface area (Å²) < 4.78 is 47.8. The molecule has 1 saturated heterocycles. The zero-order chi connectivity index (χ0) is 30.6. The number of rotatable bonds is 26. The molecule has 0 radical (unpaired) electrons. The molecule has 248 valence electrons. The van der Waals surface area contributed by atoms with Crippen LogP contribution in [0.1, 0.15) is 142 Å². The number of ether oxygens (including phenoxy) is 3. The van der Waals surface area contributed by atoms with Crippen LogP contribution in [0.3, 0.4) is 0 Å². The second-order valence-electron chi connectivity index (χ2n) is 11.9. The fraction of sp³-hybridized carbons (Fsp3) is 0.909. The van der Waals surface area contributed by atoms with Gasteiger partial charge in [0.15, 0.2) is 6.20 Å². The molecule has 7 nitrogen and oxygen atoms in total. The largest absolute Gasteiger partial charge is 0.748 e. The van der Waals surface area contributed by atoms with Gasteiger partial charge in [-0.05, 0) is 32.1 Å². The Morgan fingerprint density at radius 3 is 1.90 bits per heavy atom. The van der Waals surface area contributed by atoms with Gasteiger partial charge in [-0.3, -0.25) is 0 Å². The summed E-state index contributed by atoms with van der Waals surface area (Å²) in [4.78, 5) is 0. The summed E-state index contributed by atoms with van der Waals surface area (Å²) in [5.74, 6) is 0. The van der Waals surface area contributed by atoms with Gasteiger partial charge in [-0.15, -0.1) is 0 Å². The molecule has 0 N–H and O–H groups in total. The second kappa shape index (κ2) is 27.9. The zero-order valence-electron chi connectivity index (χ0n) is 27.0. The van der Waals surface area contributed by atoms with Crippen molar-refractivity contribution in [3.8, 4) is 0 Å². The van der Waals surface area contributed by atoms with Gasteiger partial charge in [-0.1, -0.05) is 115 Å². The van der Waals surface area contributed by atoms with Crippen molar-refractivity contribution < 1.29 is 31.7 Å². The quantitative estimate of drug-likeness (QED) is 0.0580. The van der Waals surface area contributed by atoms with E-state index in [4.69, 9.17) is 27.2 Å². The molecule has 1 aromatic heterocycles. The Kier molecular flexibility index (Phi) is 26.2. The van der Waals surface area contributed by atoms with Crippen LogP contribution in [-0.4, -0.2) is 57.9 Å². The van der Waals surface area contributed by atoms with Crippen LogP contribution in [0, 0.1) is 0 Å². The van der Waals surface area contributed by atoms with Crippen molar-refractivity contribution in [3.63, 3.8) is 0 Å². The summed E-state index contributed by atoms with van der Waals surface area (Å²) in [6.45, 7) is 6.73. The van der Waals surface area contributed by atoms with Crippen LogP contribution in [0.15, 0.2) is 17.1 Å². The van der Waals surface area contributed by atoms with Gasteiger partial charge in [-0.2, -0.15) is 4.57 Å². The van der Waals surface area contributed by atoms with Crippen molar-refractivity contribution in [2.45, 2.75) is 161 Å². The van der Waals surface area contributed by atoms with Gasteiger partial charge in [0.25, 0.3) is 0 Å². The van der Waals surface area contributed by atoms with Crippen LogP contribution >= 0.6 is 11.3 Å². The van der Waals surface area contributed by atoms with E-state index in [-0.39, 0.29) is 12.2 Å². The van der Waals surface area contributed by atoms with E-state index in [9.17, 15) is 0 Å². The third-order valence-electron chi connectivity index (χ3n) is 7.72. The highest BCUT2D eigenvalue weighted by Crippen LogP contribution is 2.19. The SMILES string of the molecule is CCCCCCCCCCCCCCCCO[C@H]1CCCO[C@H]1COCCCCCCC[n+]1ccsc1.CS(=O)(=O)[O-]. The summed E-state index contributed by atoms with van der Waals surface area (Å²) in [5.41, 5.74) is 2.19. The Hall–Kier alpha value is -0.580. The number of hydrogen-bond acceptors (Lipinski definition) is 7. The van der Waals surface area contributed by atoms with Crippen molar-refractivity contribution in [1.82, 2.24) is 0 Å². The van der Waals surface area contributed by atoms with Crippen molar-refractivity contribution in [2.24, 2.45) is 0 Å². The minimum absolute atomic E-state index is 0.128. The van der Waals surface area contributed by atoms with Crippen LogP contribution in [0.5, 0.6) is 0 Å². The molecule has 1 aromatic rings. The van der Waals surface area contributed by atoms with E-state index < -0.39 is 10.1 Å². The van der Waals surface area contributed by atoms with Crippen LogP contribution in [0.4, 0.5) is 0 Å². The summed E-state index contributed by atoms with van der Waals surface area (Å²) in [7, 11) is -3.92. The Balaban J connectivity index is 0.00000162. The third kappa shape index (κ3) is 27.0. The van der Waals surface area contributed by atoms with E-state index in [1.807, 2.05) is 0 Å². The van der Waals surface area contributed by atoms with Gasteiger partial charge in [-0.25, -0.2) is 8.42 Å². The van der Waals surface area contributed by atoms with E-state index in [0.717, 1.165) is 45.6 Å². The molecule has 0 bridgehead atoms. The van der Waals surface area contributed by atoms with Crippen molar-refractivity contribution in [3.05, 3.63) is 17.1 Å². The average molecular weight is 634 g/mol. The Labute approximate surface area is 262 Å². The maximum Gasteiger partial charge on any atom is 0.224 e. The predicted molar refractivity (Wildman–Crippen MR) is 173 cm³/mol. The Bertz CT molecular complexity index is 782. The molecule has 1 fully saturated rings. The van der Waals surface area contributed by atoms with Gasteiger partial charge in [0, 0.05) is 32.5 Å². The van der Waals surface area contributed by atoms with E-state index >= 15 is 0 Å². The maximum absolute atomic E-state index is 9.08. The first-order valence-corrected chi connectivity index (χ1v) is 19.8. The number of unbranched alkanes of at least 4 members (excludes halogenated alkanes) is 17. The molecule has 0 amide bonds. The third-order valence-corrected chi connectivity index (χ3v) is 8.40. The van der Waals surface area contributed by atoms with Crippen molar-refractivity contribution in [2.75, 3.05) is 32.7 Å². The summed E-state index contributed by atoms with van der Waals surface area (Å²) in [5, 5.41) is 2.14. The van der Waals surface area contributed by atoms with Gasteiger partial charge in [0.05, 0.1) is 28.2 Å². The Morgan fingerprint density at radius 1 is 0.833 bits per heavy atom. The fourth-order valence-electron chi connectivity index (χ4n) is 5.31. The first-order chi connectivity index (χ1) is 20.4.